The number of para-hydroxylation sites is 1. The van der Waals surface area contributed by atoms with E-state index in [-0.39, 0.29) is 4.87 Å². The van der Waals surface area contributed by atoms with Crippen molar-refractivity contribution in [2.45, 2.75) is 6.54 Å². The first-order chi connectivity index (χ1) is 8.83. The Kier molecular flexibility index (Phi) is 2.77. The molecule has 0 amide bonds. The van der Waals surface area contributed by atoms with Gasteiger partial charge in [-0.25, -0.2) is 9.36 Å². The molecule has 0 aliphatic rings. The van der Waals surface area contributed by atoms with Crippen LogP contribution in [0.3, 0.4) is 0 Å². The van der Waals surface area contributed by atoms with Crippen LogP contribution in [0.4, 0.5) is 0 Å². The van der Waals surface area contributed by atoms with Crippen molar-refractivity contribution in [3.05, 3.63) is 63.5 Å². The molecular weight excluding hydrogens is 248 g/mol. The summed E-state index contributed by atoms with van der Waals surface area (Å²) in [5.74, 6) is 0. The van der Waals surface area contributed by atoms with E-state index in [1.54, 1.807) is 16.4 Å². The molecule has 0 saturated carbocycles. The molecular formula is C12H10N4OS. The standard InChI is InChI=1S/C12H10N4OS/c17-12-16(14-9-18-12)8-10-6-13-15(7-10)11-4-2-1-3-5-11/h1-7,9H,8H2. The second kappa shape index (κ2) is 4.58. The lowest BCUT2D eigenvalue weighted by molar-refractivity contribution is 0.666. The largest absolute Gasteiger partial charge is 0.325 e. The van der Waals surface area contributed by atoms with Crippen LogP contribution in [0.25, 0.3) is 5.69 Å². The second-order valence-corrected chi connectivity index (χ2v) is 4.59. The molecule has 6 heteroatoms. The lowest BCUT2D eigenvalue weighted by Crippen LogP contribution is -2.14. The molecule has 5 nitrogen and oxygen atoms in total. The predicted octanol–water partition coefficient (Wildman–Crippen LogP) is 1.54. The lowest BCUT2D eigenvalue weighted by atomic mass is 10.3. The average Bonchev–Trinajstić information content (AvgIpc) is 3.02. The Morgan fingerprint density at radius 2 is 2.00 bits per heavy atom. The minimum atomic E-state index is -0.0533. The Morgan fingerprint density at radius 3 is 2.72 bits per heavy atom. The summed E-state index contributed by atoms with van der Waals surface area (Å²) in [5, 5.41) is 8.25. The van der Waals surface area contributed by atoms with Gasteiger partial charge >= 0.3 is 4.87 Å². The fourth-order valence-corrected chi connectivity index (χ4v) is 2.16. The molecule has 0 N–H and O–H groups in total. The molecule has 0 fully saturated rings. The van der Waals surface area contributed by atoms with Gasteiger partial charge in [-0.1, -0.05) is 29.5 Å². The molecule has 90 valence electrons. The van der Waals surface area contributed by atoms with E-state index in [0.717, 1.165) is 22.6 Å². The molecule has 0 radical (unpaired) electrons. The fourth-order valence-electron chi connectivity index (χ4n) is 1.68. The van der Waals surface area contributed by atoms with Crippen LogP contribution in [0.1, 0.15) is 5.56 Å². The summed E-state index contributed by atoms with van der Waals surface area (Å²) in [6.07, 6.45) is 3.65. The van der Waals surface area contributed by atoms with Crippen molar-refractivity contribution >= 4 is 11.3 Å². The SMILES string of the molecule is O=c1scnn1Cc1cnn(-c2ccccc2)c1. The number of hydrogen-bond donors (Lipinski definition) is 0. The minimum Gasteiger partial charge on any atom is -0.255 e. The number of hydrogen-bond acceptors (Lipinski definition) is 4. The number of benzene rings is 1. The molecule has 0 spiro atoms. The van der Waals surface area contributed by atoms with Gasteiger partial charge in [0.25, 0.3) is 0 Å². The molecule has 0 atom stereocenters. The Labute approximate surface area is 107 Å². The van der Waals surface area contributed by atoms with E-state index < -0.39 is 0 Å². The molecule has 1 aromatic carbocycles. The predicted molar refractivity (Wildman–Crippen MR) is 69.0 cm³/mol. The van der Waals surface area contributed by atoms with Gasteiger partial charge in [0.2, 0.25) is 0 Å². The Morgan fingerprint density at radius 1 is 1.17 bits per heavy atom. The minimum absolute atomic E-state index is 0.0533. The van der Waals surface area contributed by atoms with Crippen molar-refractivity contribution in [2.75, 3.05) is 0 Å². The first kappa shape index (κ1) is 10.9. The summed E-state index contributed by atoms with van der Waals surface area (Å²) in [4.78, 5) is 11.3. The van der Waals surface area contributed by atoms with E-state index in [2.05, 4.69) is 10.2 Å². The van der Waals surface area contributed by atoms with Crippen molar-refractivity contribution in [2.24, 2.45) is 0 Å². The summed E-state index contributed by atoms with van der Waals surface area (Å²) in [7, 11) is 0. The number of nitrogens with zero attached hydrogens (tertiary/aromatic N) is 4. The highest BCUT2D eigenvalue weighted by Gasteiger charge is 2.04. The van der Waals surface area contributed by atoms with Crippen molar-refractivity contribution < 1.29 is 0 Å². The van der Waals surface area contributed by atoms with Crippen molar-refractivity contribution in [1.29, 1.82) is 0 Å². The lowest BCUT2D eigenvalue weighted by Gasteiger charge is -1.99. The monoisotopic (exact) mass is 258 g/mol. The zero-order valence-corrected chi connectivity index (χ0v) is 10.2. The van der Waals surface area contributed by atoms with Gasteiger partial charge in [-0.2, -0.15) is 10.2 Å². The van der Waals surface area contributed by atoms with Crippen LogP contribution in [-0.4, -0.2) is 19.6 Å². The van der Waals surface area contributed by atoms with Gasteiger partial charge in [0.05, 0.1) is 18.4 Å². The maximum absolute atomic E-state index is 11.4. The number of aromatic nitrogens is 4. The zero-order chi connectivity index (χ0) is 12.4. The first-order valence-corrected chi connectivity index (χ1v) is 6.30. The molecule has 0 bridgehead atoms. The highest BCUT2D eigenvalue weighted by Crippen LogP contribution is 2.08. The first-order valence-electron chi connectivity index (χ1n) is 5.42. The quantitative estimate of drug-likeness (QED) is 0.716. The van der Waals surface area contributed by atoms with Gasteiger partial charge < -0.3 is 0 Å². The molecule has 2 aromatic heterocycles. The molecule has 0 unspecified atom stereocenters. The zero-order valence-electron chi connectivity index (χ0n) is 9.43. The molecule has 0 saturated heterocycles. The smallest absolute Gasteiger partial charge is 0.255 e. The third-order valence-corrected chi connectivity index (χ3v) is 3.15. The highest BCUT2D eigenvalue weighted by atomic mass is 32.1. The van der Waals surface area contributed by atoms with Crippen molar-refractivity contribution in [3.8, 4) is 5.69 Å². The molecule has 18 heavy (non-hydrogen) atoms. The number of rotatable bonds is 3. The van der Waals surface area contributed by atoms with E-state index in [9.17, 15) is 4.79 Å². The Balaban J connectivity index is 1.87. The summed E-state index contributed by atoms with van der Waals surface area (Å²) in [6, 6.07) is 9.84. The van der Waals surface area contributed by atoms with Crippen LogP contribution < -0.4 is 4.87 Å². The maximum atomic E-state index is 11.4. The normalized spacial score (nSPS) is 10.7. The van der Waals surface area contributed by atoms with Crippen LogP contribution in [0, 0.1) is 0 Å². The van der Waals surface area contributed by atoms with E-state index >= 15 is 0 Å². The van der Waals surface area contributed by atoms with E-state index in [4.69, 9.17) is 0 Å². The summed E-state index contributed by atoms with van der Waals surface area (Å²) >= 11 is 1.10. The third-order valence-electron chi connectivity index (χ3n) is 2.54. The van der Waals surface area contributed by atoms with Crippen molar-refractivity contribution in [1.82, 2.24) is 19.6 Å². The van der Waals surface area contributed by atoms with Gasteiger partial charge in [-0.15, -0.1) is 0 Å². The Hall–Kier alpha value is -2.21. The van der Waals surface area contributed by atoms with Gasteiger partial charge in [0.15, 0.2) is 0 Å². The molecule has 3 aromatic rings. The summed E-state index contributed by atoms with van der Waals surface area (Å²) < 4.78 is 3.21. The topological polar surface area (TPSA) is 52.7 Å². The Bertz CT molecular complexity index is 698. The van der Waals surface area contributed by atoms with Crippen LogP contribution in [-0.2, 0) is 6.54 Å². The molecule has 0 aliphatic carbocycles. The fraction of sp³-hybridized carbons (Fsp3) is 0.0833. The van der Waals surface area contributed by atoms with Crippen molar-refractivity contribution in [3.63, 3.8) is 0 Å². The van der Waals surface area contributed by atoms with E-state index in [0.29, 0.717) is 6.54 Å². The molecule has 2 heterocycles. The van der Waals surface area contributed by atoms with Gasteiger partial charge in [0, 0.05) is 11.8 Å². The molecule has 3 rings (SSSR count). The van der Waals surface area contributed by atoms with Crippen LogP contribution in [0.5, 0.6) is 0 Å². The van der Waals surface area contributed by atoms with Gasteiger partial charge in [0.1, 0.15) is 5.51 Å². The van der Waals surface area contributed by atoms with E-state index in [1.807, 2.05) is 36.5 Å². The van der Waals surface area contributed by atoms with Crippen LogP contribution in [0.15, 0.2) is 53.0 Å². The maximum Gasteiger partial charge on any atom is 0.325 e. The van der Waals surface area contributed by atoms with Crippen LogP contribution >= 0.6 is 11.3 Å². The summed E-state index contributed by atoms with van der Waals surface area (Å²) in [6.45, 7) is 0.454. The van der Waals surface area contributed by atoms with Gasteiger partial charge in [-0.05, 0) is 12.1 Å². The van der Waals surface area contributed by atoms with Gasteiger partial charge in [-0.3, -0.25) is 4.79 Å². The second-order valence-electron chi connectivity index (χ2n) is 3.79. The highest BCUT2D eigenvalue weighted by molar-refractivity contribution is 7.06. The summed E-state index contributed by atoms with van der Waals surface area (Å²) in [5.41, 5.74) is 3.49. The van der Waals surface area contributed by atoms with E-state index in [1.165, 1.54) is 4.68 Å². The third kappa shape index (κ3) is 2.10. The molecule has 0 aliphatic heterocycles. The average molecular weight is 258 g/mol. The van der Waals surface area contributed by atoms with Crippen LogP contribution in [0.2, 0.25) is 0 Å².